The van der Waals surface area contributed by atoms with E-state index in [4.69, 9.17) is 4.74 Å². The summed E-state index contributed by atoms with van der Waals surface area (Å²) in [4.78, 5) is 26.9. The van der Waals surface area contributed by atoms with Gasteiger partial charge in [0.15, 0.2) is 6.61 Å². The average Bonchev–Trinajstić information content (AvgIpc) is 2.68. The van der Waals surface area contributed by atoms with Gasteiger partial charge in [-0.3, -0.25) is 9.59 Å². The molecule has 0 bridgehead atoms. The molecule has 5 nitrogen and oxygen atoms in total. The molecule has 2 rings (SSSR count). The lowest BCUT2D eigenvalue weighted by Crippen LogP contribution is -2.49. The molecule has 144 valence electrons. The summed E-state index contributed by atoms with van der Waals surface area (Å²) < 4.78 is 6.75. The van der Waals surface area contributed by atoms with Gasteiger partial charge >= 0.3 is 0 Å². The number of likely N-dealkylation sites (N-methyl/N-ethyl adjacent to an activating group) is 1. The summed E-state index contributed by atoms with van der Waals surface area (Å²) in [7, 11) is 1.59. The zero-order valence-electron chi connectivity index (χ0n) is 15.9. The Labute approximate surface area is 174 Å². The molecule has 0 aliphatic rings. The average molecular weight is 480 g/mol. The first-order valence-electron chi connectivity index (χ1n) is 8.90. The molecule has 0 unspecified atom stereocenters. The number of hydrogen-bond donors (Lipinski definition) is 1. The third-order valence-electron chi connectivity index (χ3n) is 4.41. The zero-order valence-corrected chi connectivity index (χ0v) is 18.0. The molecule has 2 aromatic carbocycles. The second-order valence-corrected chi connectivity index (χ2v) is 7.47. The number of benzene rings is 2. The van der Waals surface area contributed by atoms with Crippen LogP contribution in [-0.2, 0) is 16.1 Å². The number of carbonyl (C=O) groups excluding carboxylic acids is 2. The summed E-state index contributed by atoms with van der Waals surface area (Å²) >= 11 is 2.21. The van der Waals surface area contributed by atoms with Crippen molar-refractivity contribution in [3.8, 4) is 5.75 Å². The molecule has 0 saturated heterocycles. The molecule has 0 aliphatic heterocycles. The number of nitrogens with zero attached hydrogens (tertiary/aromatic N) is 1. The van der Waals surface area contributed by atoms with Crippen molar-refractivity contribution in [1.29, 1.82) is 0 Å². The zero-order chi connectivity index (χ0) is 19.8. The predicted octanol–water partition coefficient (Wildman–Crippen LogP) is 3.53. The highest BCUT2D eigenvalue weighted by atomic mass is 127. The van der Waals surface area contributed by atoms with E-state index in [1.54, 1.807) is 11.9 Å². The lowest BCUT2D eigenvalue weighted by Gasteiger charge is -2.30. The van der Waals surface area contributed by atoms with E-state index in [0.717, 1.165) is 14.7 Å². The molecule has 1 N–H and O–H groups in total. The van der Waals surface area contributed by atoms with Crippen LogP contribution in [0, 0.1) is 10.5 Å². The maximum Gasteiger partial charge on any atom is 0.261 e. The van der Waals surface area contributed by atoms with E-state index in [2.05, 4.69) is 27.9 Å². The Morgan fingerprint density at radius 1 is 1.15 bits per heavy atom. The molecule has 0 fully saturated rings. The highest BCUT2D eigenvalue weighted by molar-refractivity contribution is 14.1. The number of ether oxygens (including phenoxy) is 1. The van der Waals surface area contributed by atoms with Crippen LogP contribution in [0.5, 0.6) is 5.75 Å². The maximum atomic E-state index is 12.9. The van der Waals surface area contributed by atoms with Crippen molar-refractivity contribution in [3.63, 3.8) is 0 Å². The van der Waals surface area contributed by atoms with Crippen molar-refractivity contribution >= 4 is 34.4 Å². The first kappa shape index (κ1) is 21.2. The van der Waals surface area contributed by atoms with Crippen molar-refractivity contribution in [2.75, 3.05) is 13.7 Å². The second kappa shape index (κ2) is 10.3. The van der Waals surface area contributed by atoms with Gasteiger partial charge in [-0.2, -0.15) is 0 Å². The van der Waals surface area contributed by atoms with Gasteiger partial charge in [0, 0.05) is 17.2 Å². The minimum absolute atomic E-state index is 0.111. The fraction of sp³-hybridized carbons (Fsp3) is 0.333. The van der Waals surface area contributed by atoms with Crippen molar-refractivity contribution in [2.24, 2.45) is 0 Å². The summed E-state index contributed by atoms with van der Waals surface area (Å²) in [5.74, 6) is 0.244. The van der Waals surface area contributed by atoms with E-state index in [9.17, 15) is 9.59 Å². The Balaban J connectivity index is 2.19. The number of halogens is 1. The number of nitrogens with one attached hydrogen (secondary N) is 1. The smallest absolute Gasteiger partial charge is 0.261 e. The molecule has 0 heterocycles. The molecule has 0 aromatic heterocycles. The summed E-state index contributed by atoms with van der Waals surface area (Å²) in [5.41, 5.74) is 2.10. The van der Waals surface area contributed by atoms with E-state index >= 15 is 0 Å². The van der Waals surface area contributed by atoms with Crippen LogP contribution in [0.25, 0.3) is 0 Å². The predicted molar refractivity (Wildman–Crippen MR) is 115 cm³/mol. The molecule has 1 atom stereocenters. The highest BCUT2D eigenvalue weighted by Gasteiger charge is 2.28. The molecular formula is C21H25IN2O3. The van der Waals surface area contributed by atoms with Gasteiger partial charge in [0.05, 0.1) is 0 Å². The molecule has 0 aliphatic carbocycles. The van der Waals surface area contributed by atoms with Crippen molar-refractivity contribution in [2.45, 2.75) is 32.9 Å². The lowest BCUT2D eigenvalue weighted by molar-refractivity contribution is -0.142. The van der Waals surface area contributed by atoms with Crippen LogP contribution in [0.15, 0.2) is 48.5 Å². The van der Waals surface area contributed by atoms with E-state index in [0.29, 0.717) is 18.7 Å². The largest absolute Gasteiger partial charge is 0.484 e. The molecule has 2 amide bonds. The molecule has 0 spiro atoms. The Bertz CT molecular complexity index is 777. The molecule has 6 heteroatoms. The SMILES string of the molecule is CC[C@H](C(=O)NC)N(Cc1ccccc1C)C(=O)COc1ccc(I)cc1. The van der Waals surface area contributed by atoms with Crippen molar-refractivity contribution < 1.29 is 14.3 Å². The molecule has 2 aromatic rings. The van der Waals surface area contributed by atoms with Gasteiger partial charge in [-0.1, -0.05) is 31.2 Å². The van der Waals surface area contributed by atoms with Gasteiger partial charge in [-0.15, -0.1) is 0 Å². The van der Waals surface area contributed by atoms with Gasteiger partial charge in [0.25, 0.3) is 5.91 Å². The number of carbonyl (C=O) groups is 2. The van der Waals surface area contributed by atoms with Crippen LogP contribution >= 0.6 is 22.6 Å². The first-order chi connectivity index (χ1) is 13.0. The minimum Gasteiger partial charge on any atom is -0.484 e. The fourth-order valence-corrected chi connectivity index (χ4v) is 3.18. The summed E-state index contributed by atoms with van der Waals surface area (Å²) in [6, 6.07) is 14.8. The van der Waals surface area contributed by atoms with E-state index in [-0.39, 0.29) is 18.4 Å². The summed E-state index contributed by atoms with van der Waals surface area (Å²) in [6.07, 6.45) is 0.529. The van der Waals surface area contributed by atoms with Gasteiger partial charge in [0.2, 0.25) is 5.91 Å². The topological polar surface area (TPSA) is 58.6 Å². The van der Waals surface area contributed by atoms with Gasteiger partial charge < -0.3 is 15.0 Å². The molecule has 0 radical (unpaired) electrons. The van der Waals surface area contributed by atoms with Gasteiger partial charge in [0.1, 0.15) is 11.8 Å². The van der Waals surface area contributed by atoms with E-state index < -0.39 is 6.04 Å². The normalized spacial score (nSPS) is 11.6. The van der Waals surface area contributed by atoms with E-state index in [1.807, 2.05) is 62.4 Å². The Morgan fingerprint density at radius 2 is 1.81 bits per heavy atom. The first-order valence-corrected chi connectivity index (χ1v) is 9.98. The van der Waals surface area contributed by atoms with Crippen LogP contribution in [0.2, 0.25) is 0 Å². The number of amides is 2. The van der Waals surface area contributed by atoms with Crippen LogP contribution < -0.4 is 10.1 Å². The monoisotopic (exact) mass is 480 g/mol. The third-order valence-corrected chi connectivity index (χ3v) is 5.13. The number of rotatable bonds is 8. The lowest BCUT2D eigenvalue weighted by atomic mass is 10.1. The van der Waals surface area contributed by atoms with Crippen LogP contribution in [0.3, 0.4) is 0 Å². The van der Waals surface area contributed by atoms with Gasteiger partial charge in [-0.25, -0.2) is 0 Å². The van der Waals surface area contributed by atoms with Crippen LogP contribution in [0.1, 0.15) is 24.5 Å². The fourth-order valence-electron chi connectivity index (χ4n) is 2.82. The Kier molecular flexibility index (Phi) is 8.09. The van der Waals surface area contributed by atoms with Crippen molar-refractivity contribution in [1.82, 2.24) is 10.2 Å². The Morgan fingerprint density at radius 3 is 2.41 bits per heavy atom. The highest BCUT2D eigenvalue weighted by Crippen LogP contribution is 2.17. The van der Waals surface area contributed by atoms with Crippen LogP contribution in [-0.4, -0.2) is 36.4 Å². The molecule has 0 saturated carbocycles. The van der Waals surface area contributed by atoms with Crippen LogP contribution in [0.4, 0.5) is 0 Å². The number of hydrogen-bond acceptors (Lipinski definition) is 3. The van der Waals surface area contributed by atoms with E-state index in [1.165, 1.54) is 0 Å². The summed E-state index contributed by atoms with van der Waals surface area (Å²) in [6.45, 7) is 4.16. The summed E-state index contributed by atoms with van der Waals surface area (Å²) in [5, 5.41) is 2.66. The standard InChI is InChI=1S/C21H25IN2O3/c1-4-19(21(26)23-3)24(13-16-8-6-5-7-15(16)2)20(25)14-27-18-11-9-17(22)10-12-18/h5-12,19H,4,13-14H2,1-3H3,(H,23,26)/t19-/m1/s1. The molecule has 27 heavy (non-hydrogen) atoms. The Hall–Kier alpha value is -2.09. The maximum absolute atomic E-state index is 12.9. The number of aryl methyl sites for hydroxylation is 1. The second-order valence-electron chi connectivity index (χ2n) is 6.23. The third kappa shape index (κ3) is 5.95. The molecular weight excluding hydrogens is 455 g/mol. The quantitative estimate of drug-likeness (QED) is 0.589. The minimum atomic E-state index is -0.539. The van der Waals surface area contributed by atoms with Gasteiger partial charge in [-0.05, 0) is 71.3 Å². The van der Waals surface area contributed by atoms with Crippen molar-refractivity contribution in [3.05, 3.63) is 63.2 Å².